The summed E-state index contributed by atoms with van der Waals surface area (Å²) >= 11 is 0. The number of aromatic amines is 1. The first-order valence-corrected chi connectivity index (χ1v) is 5.96. The molecule has 3 rings (SSSR count). The van der Waals surface area contributed by atoms with Crippen molar-refractivity contribution in [1.82, 2.24) is 15.2 Å². The summed E-state index contributed by atoms with van der Waals surface area (Å²) in [6, 6.07) is 8.81. The van der Waals surface area contributed by atoms with Gasteiger partial charge < -0.3 is 9.84 Å². The minimum atomic E-state index is -1.05. The van der Waals surface area contributed by atoms with Crippen LogP contribution in [0.1, 0.15) is 16.2 Å². The second-order valence-corrected chi connectivity index (χ2v) is 4.25. The molecule has 0 spiro atoms. The summed E-state index contributed by atoms with van der Waals surface area (Å²) in [6.45, 7) is 0.377. The zero-order valence-corrected chi connectivity index (χ0v) is 10.4. The lowest BCUT2D eigenvalue weighted by molar-refractivity contribution is 0.0690. The highest BCUT2D eigenvalue weighted by molar-refractivity contribution is 5.92. The van der Waals surface area contributed by atoms with Crippen molar-refractivity contribution in [3.8, 4) is 5.75 Å². The van der Waals surface area contributed by atoms with E-state index < -0.39 is 5.97 Å². The van der Waals surface area contributed by atoms with Gasteiger partial charge in [-0.1, -0.05) is 0 Å². The van der Waals surface area contributed by atoms with Crippen LogP contribution in [0.3, 0.4) is 0 Å². The van der Waals surface area contributed by atoms with E-state index in [2.05, 4.69) is 15.2 Å². The van der Waals surface area contributed by atoms with E-state index in [9.17, 15) is 4.79 Å². The molecule has 6 nitrogen and oxygen atoms in total. The van der Waals surface area contributed by atoms with Gasteiger partial charge in [-0.2, -0.15) is 5.10 Å². The molecule has 0 saturated heterocycles. The molecule has 0 saturated carbocycles. The smallest absolute Gasteiger partial charge is 0.354 e. The van der Waals surface area contributed by atoms with E-state index in [4.69, 9.17) is 9.84 Å². The molecule has 3 aromatic rings. The van der Waals surface area contributed by atoms with Crippen LogP contribution in [0.15, 0.2) is 42.7 Å². The molecule has 2 N–H and O–H groups in total. The summed E-state index contributed by atoms with van der Waals surface area (Å²) in [5, 5.41) is 17.2. The summed E-state index contributed by atoms with van der Waals surface area (Å²) < 4.78 is 5.62. The first-order valence-electron chi connectivity index (χ1n) is 5.96. The first-order chi connectivity index (χ1) is 9.72. The second kappa shape index (κ2) is 5.00. The lowest BCUT2D eigenvalue weighted by Gasteiger charge is -2.06. The Kier molecular flexibility index (Phi) is 3.04. The van der Waals surface area contributed by atoms with Crippen LogP contribution in [-0.4, -0.2) is 26.3 Å². The number of carbonyl (C=O) groups is 1. The van der Waals surface area contributed by atoms with Crippen LogP contribution in [0.2, 0.25) is 0 Å². The van der Waals surface area contributed by atoms with Crippen LogP contribution in [0.5, 0.6) is 5.75 Å². The number of pyridine rings is 1. The molecule has 0 aliphatic heterocycles. The van der Waals surface area contributed by atoms with Gasteiger partial charge in [-0.15, -0.1) is 0 Å². The lowest BCUT2D eigenvalue weighted by Crippen LogP contribution is -1.99. The molecule has 0 bridgehead atoms. The Hall–Kier alpha value is -2.89. The predicted molar refractivity (Wildman–Crippen MR) is 71.6 cm³/mol. The average Bonchev–Trinajstić information content (AvgIpc) is 2.97. The third-order valence-corrected chi connectivity index (χ3v) is 2.87. The number of nitrogens with zero attached hydrogens (tertiary/aromatic N) is 2. The normalized spacial score (nSPS) is 10.6. The van der Waals surface area contributed by atoms with Crippen molar-refractivity contribution in [2.24, 2.45) is 0 Å². The van der Waals surface area contributed by atoms with Crippen LogP contribution >= 0.6 is 0 Å². The molecule has 0 aliphatic carbocycles. The van der Waals surface area contributed by atoms with Gasteiger partial charge in [0.25, 0.3) is 0 Å². The Morgan fingerprint density at radius 2 is 2.15 bits per heavy atom. The van der Waals surface area contributed by atoms with Gasteiger partial charge in [0, 0.05) is 17.8 Å². The Morgan fingerprint density at radius 3 is 2.90 bits per heavy atom. The van der Waals surface area contributed by atoms with Crippen molar-refractivity contribution in [1.29, 1.82) is 0 Å². The molecule has 100 valence electrons. The van der Waals surface area contributed by atoms with Crippen molar-refractivity contribution in [3.63, 3.8) is 0 Å². The molecule has 2 heterocycles. The number of ether oxygens (including phenoxy) is 1. The number of carboxylic acid groups (broad SMARTS) is 1. The van der Waals surface area contributed by atoms with Gasteiger partial charge in [-0.05, 0) is 35.7 Å². The van der Waals surface area contributed by atoms with E-state index in [1.807, 2.05) is 18.2 Å². The maximum Gasteiger partial charge on any atom is 0.354 e. The number of aromatic nitrogens is 3. The Balaban J connectivity index is 1.86. The SMILES string of the molecule is O=C(O)c1cc2cc(OCc3ccn[nH]3)ccc2cn1. The molecule has 0 amide bonds. The molecule has 0 radical (unpaired) electrons. The molecule has 0 unspecified atom stereocenters. The fourth-order valence-corrected chi connectivity index (χ4v) is 1.85. The number of hydrogen-bond acceptors (Lipinski definition) is 4. The van der Waals surface area contributed by atoms with Gasteiger partial charge in [0.05, 0.1) is 5.69 Å². The quantitative estimate of drug-likeness (QED) is 0.758. The fourth-order valence-electron chi connectivity index (χ4n) is 1.85. The molecule has 0 fully saturated rings. The van der Waals surface area contributed by atoms with Crippen LogP contribution in [-0.2, 0) is 6.61 Å². The van der Waals surface area contributed by atoms with E-state index in [0.29, 0.717) is 12.4 Å². The number of H-pyrrole nitrogens is 1. The van der Waals surface area contributed by atoms with E-state index >= 15 is 0 Å². The zero-order chi connectivity index (χ0) is 13.9. The van der Waals surface area contributed by atoms with Crippen molar-refractivity contribution in [2.75, 3.05) is 0 Å². The van der Waals surface area contributed by atoms with Gasteiger partial charge in [0.2, 0.25) is 0 Å². The summed E-state index contributed by atoms with van der Waals surface area (Å²) in [4.78, 5) is 14.8. The van der Waals surface area contributed by atoms with Crippen molar-refractivity contribution < 1.29 is 14.6 Å². The molecule has 2 aromatic heterocycles. The molecular formula is C14H11N3O3. The minimum absolute atomic E-state index is 0.0169. The van der Waals surface area contributed by atoms with Gasteiger partial charge in [0.1, 0.15) is 18.1 Å². The number of benzene rings is 1. The molecular weight excluding hydrogens is 258 g/mol. The highest BCUT2D eigenvalue weighted by atomic mass is 16.5. The number of carboxylic acids is 1. The summed E-state index contributed by atoms with van der Waals surface area (Å²) in [6.07, 6.45) is 3.20. The minimum Gasteiger partial charge on any atom is -0.487 e. The summed E-state index contributed by atoms with van der Waals surface area (Å²) in [5.74, 6) is -0.384. The number of fused-ring (bicyclic) bond motifs is 1. The standard InChI is InChI=1S/C14H11N3O3/c18-14(19)13-6-10-5-12(2-1-9(10)7-15-13)20-8-11-3-4-16-17-11/h1-7H,8H2,(H,16,17)(H,18,19). The van der Waals surface area contributed by atoms with Crippen LogP contribution in [0.4, 0.5) is 0 Å². The highest BCUT2D eigenvalue weighted by Crippen LogP contribution is 2.21. The fraction of sp³-hybridized carbons (Fsp3) is 0.0714. The molecule has 0 aliphatic rings. The third-order valence-electron chi connectivity index (χ3n) is 2.87. The monoisotopic (exact) mass is 269 g/mol. The van der Waals surface area contributed by atoms with E-state index in [1.54, 1.807) is 12.3 Å². The summed E-state index contributed by atoms with van der Waals surface area (Å²) in [5.41, 5.74) is 0.884. The zero-order valence-electron chi connectivity index (χ0n) is 10.4. The van der Waals surface area contributed by atoms with Crippen molar-refractivity contribution in [2.45, 2.75) is 6.61 Å². The van der Waals surface area contributed by atoms with Crippen LogP contribution in [0.25, 0.3) is 10.8 Å². The molecule has 0 atom stereocenters. The van der Waals surface area contributed by atoms with Gasteiger partial charge in [-0.25, -0.2) is 9.78 Å². The van der Waals surface area contributed by atoms with Crippen molar-refractivity contribution >= 4 is 16.7 Å². The molecule has 20 heavy (non-hydrogen) atoms. The lowest BCUT2D eigenvalue weighted by atomic mass is 10.1. The Morgan fingerprint density at radius 1 is 1.25 bits per heavy atom. The third kappa shape index (κ3) is 2.44. The number of aromatic carboxylic acids is 1. The first kappa shape index (κ1) is 12.2. The Labute approximate surface area is 114 Å². The second-order valence-electron chi connectivity index (χ2n) is 4.25. The van der Waals surface area contributed by atoms with Crippen LogP contribution in [0, 0.1) is 0 Å². The van der Waals surface area contributed by atoms with E-state index in [1.165, 1.54) is 12.3 Å². The molecule has 1 aromatic carbocycles. The van der Waals surface area contributed by atoms with Crippen LogP contribution < -0.4 is 4.74 Å². The maximum absolute atomic E-state index is 10.9. The highest BCUT2D eigenvalue weighted by Gasteiger charge is 2.06. The summed E-state index contributed by atoms with van der Waals surface area (Å²) in [7, 11) is 0. The largest absolute Gasteiger partial charge is 0.487 e. The van der Waals surface area contributed by atoms with Gasteiger partial charge in [0.15, 0.2) is 0 Å². The number of rotatable bonds is 4. The van der Waals surface area contributed by atoms with E-state index in [0.717, 1.165) is 16.5 Å². The Bertz CT molecular complexity index is 753. The topological polar surface area (TPSA) is 88.1 Å². The molecule has 6 heteroatoms. The average molecular weight is 269 g/mol. The van der Waals surface area contributed by atoms with Crippen molar-refractivity contribution in [3.05, 3.63) is 54.1 Å². The van der Waals surface area contributed by atoms with E-state index in [-0.39, 0.29) is 5.69 Å². The predicted octanol–water partition coefficient (Wildman–Crippen LogP) is 2.24. The number of nitrogens with one attached hydrogen (secondary N) is 1. The van der Waals surface area contributed by atoms with Gasteiger partial charge in [-0.3, -0.25) is 5.10 Å². The van der Waals surface area contributed by atoms with Gasteiger partial charge >= 0.3 is 5.97 Å². The maximum atomic E-state index is 10.9. The number of hydrogen-bond donors (Lipinski definition) is 2.